The predicted molar refractivity (Wildman–Crippen MR) is 91.7 cm³/mol. The number of esters is 1. The third-order valence-electron chi connectivity index (χ3n) is 3.42. The molecule has 3 rings (SSSR count). The Balaban J connectivity index is 1.52. The quantitative estimate of drug-likeness (QED) is 0.387. The SMILES string of the molecule is CCOC(=O)CNPCOC1C=C(F)C(n2cnc3c(N)ncnc32)O1. The van der Waals surface area contributed by atoms with Gasteiger partial charge in [-0.15, -0.1) is 0 Å². The van der Waals surface area contributed by atoms with Crippen molar-refractivity contribution in [1.82, 2.24) is 24.6 Å². The first-order chi connectivity index (χ1) is 12.6. The Kier molecular flexibility index (Phi) is 6.04. The van der Waals surface area contributed by atoms with Gasteiger partial charge in [0.2, 0.25) is 0 Å². The van der Waals surface area contributed by atoms with Gasteiger partial charge in [0.1, 0.15) is 11.8 Å². The highest BCUT2D eigenvalue weighted by molar-refractivity contribution is 7.35. The highest BCUT2D eigenvalue weighted by Crippen LogP contribution is 2.33. The molecular formula is C14H18FN6O4P. The molecule has 0 fully saturated rings. The number of carbonyl (C=O) groups is 1. The van der Waals surface area contributed by atoms with Gasteiger partial charge in [-0.2, -0.15) is 0 Å². The number of hydrogen-bond donors (Lipinski definition) is 2. The van der Waals surface area contributed by atoms with E-state index in [-0.39, 0.29) is 33.4 Å². The molecule has 10 nitrogen and oxygen atoms in total. The first kappa shape index (κ1) is 18.6. The Labute approximate surface area is 149 Å². The standard InChI is InChI=1S/C14H18FN6O4P/c1-2-23-9(22)4-20-26-7-24-10-3-8(15)14(25-10)21-6-19-11-12(16)17-5-18-13(11)21/h3,5-6,10,14,20,26H,2,4,7H2,1H3,(H2,16,17,18). The zero-order valence-corrected chi connectivity index (χ0v) is 14.9. The summed E-state index contributed by atoms with van der Waals surface area (Å²) in [5.41, 5.74) is 6.46. The summed E-state index contributed by atoms with van der Waals surface area (Å²) in [6, 6.07) is 0. The van der Waals surface area contributed by atoms with Crippen LogP contribution in [0.2, 0.25) is 0 Å². The number of rotatable bonds is 8. The molecule has 0 bridgehead atoms. The summed E-state index contributed by atoms with van der Waals surface area (Å²) in [6.07, 6.45) is 2.26. The van der Waals surface area contributed by atoms with Crippen LogP contribution in [0.25, 0.3) is 11.2 Å². The Bertz CT molecular complexity index is 816. The van der Waals surface area contributed by atoms with E-state index in [1.165, 1.54) is 23.3 Å². The van der Waals surface area contributed by atoms with Crippen molar-refractivity contribution in [2.45, 2.75) is 19.4 Å². The molecule has 0 saturated heterocycles. The van der Waals surface area contributed by atoms with Gasteiger partial charge in [0.05, 0.1) is 25.8 Å². The van der Waals surface area contributed by atoms with Crippen molar-refractivity contribution in [1.29, 1.82) is 0 Å². The lowest BCUT2D eigenvalue weighted by Gasteiger charge is -2.16. The molecule has 3 atom stereocenters. The molecule has 26 heavy (non-hydrogen) atoms. The molecule has 1 aliphatic rings. The largest absolute Gasteiger partial charge is 0.465 e. The van der Waals surface area contributed by atoms with Crippen LogP contribution in [0.1, 0.15) is 13.2 Å². The van der Waals surface area contributed by atoms with Crippen molar-refractivity contribution < 1.29 is 23.4 Å². The zero-order valence-electron chi connectivity index (χ0n) is 13.9. The van der Waals surface area contributed by atoms with E-state index in [9.17, 15) is 9.18 Å². The monoisotopic (exact) mass is 384 g/mol. The Morgan fingerprint density at radius 1 is 1.50 bits per heavy atom. The number of hydrogen-bond acceptors (Lipinski definition) is 9. The summed E-state index contributed by atoms with van der Waals surface area (Å²) in [4.78, 5) is 23.2. The maximum absolute atomic E-state index is 14.3. The average molecular weight is 384 g/mol. The maximum Gasteiger partial charge on any atom is 0.320 e. The predicted octanol–water partition coefficient (Wildman–Crippen LogP) is 0.837. The molecule has 3 heterocycles. The van der Waals surface area contributed by atoms with Gasteiger partial charge in [-0.3, -0.25) is 14.4 Å². The van der Waals surface area contributed by atoms with Gasteiger partial charge in [0, 0.05) is 6.08 Å². The number of imidazole rings is 1. The van der Waals surface area contributed by atoms with Crippen LogP contribution in [0.3, 0.4) is 0 Å². The topological polar surface area (TPSA) is 126 Å². The second kappa shape index (κ2) is 8.45. The molecule has 0 aromatic carbocycles. The Morgan fingerprint density at radius 3 is 3.15 bits per heavy atom. The van der Waals surface area contributed by atoms with Gasteiger partial charge in [-0.1, -0.05) is 0 Å². The lowest BCUT2D eigenvalue weighted by Crippen LogP contribution is -2.20. The molecule has 0 amide bonds. The third-order valence-corrected chi connectivity index (χ3v) is 4.15. The van der Waals surface area contributed by atoms with E-state index in [0.29, 0.717) is 17.8 Å². The van der Waals surface area contributed by atoms with Crippen LogP contribution in [-0.2, 0) is 19.0 Å². The van der Waals surface area contributed by atoms with E-state index in [1.54, 1.807) is 6.92 Å². The number of anilines is 1. The fourth-order valence-electron chi connectivity index (χ4n) is 2.29. The minimum Gasteiger partial charge on any atom is -0.465 e. The van der Waals surface area contributed by atoms with Gasteiger partial charge >= 0.3 is 5.97 Å². The molecule has 140 valence electrons. The van der Waals surface area contributed by atoms with Crippen molar-refractivity contribution >= 4 is 31.7 Å². The molecule has 0 saturated carbocycles. The van der Waals surface area contributed by atoms with Crippen LogP contribution in [0, 0.1) is 0 Å². The number of nitrogens with zero attached hydrogens (tertiary/aromatic N) is 4. The Hall–Kier alpha value is -2.20. The first-order valence-corrected chi connectivity index (χ1v) is 8.99. The molecule has 3 unspecified atom stereocenters. The maximum atomic E-state index is 14.3. The number of aromatic nitrogens is 4. The minimum absolute atomic E-state index is 0.0934. The first-order valence-electron chi connectivity index (χ1n) is 7.78. The molecule has 0 spiro atoms. The summed E-state index contributed by atoms with van der Waals surface area (Å²) in [5, 5.41) is 2.89. The molecule has 1 aliphatic heterocycles. The van der Waals surface area contributed by atoms with Crippen LogP contribution < -0.4 is 10.8 Å². The lowest BCUT2D eigenvalue weighted by molar-refractivity contribution is -0.141. The number of halogens is 1. The second-order valence-electron chi connectivity index (χ2n) is 5.14. The van der Waals surface area contributed by atoms with E-state index in [0.717, 1.165) is 0 Å². The van der Waals surface area contributed by atoms with Crippen molar-refractivity contribution in [3.63, 3.8) is 0 Å². The van der Waals surface area contributed by atoms with Crippen LogP contribution in [0.4, 0.5) is 10.2 Å². The normalized spacial score (nSPS) is 20.2. The molecule has 3 N–H and O–H groups in total. The van der Waals surface area contributed by atoms with E-state index in [4.69, 9.17) is 19.9 Å². The summed E-state index contributed by atoms with van der Waals surface area (Å²) in [5.74, 6) is -0.650. The third kappa shape index (κ3) is 4.13. The van der Waals surface area contributed by atoms with Crippen molar-refractivity contribution in [3.05, 3.63) is 24.6 Å². The number of nitrogen functional groups attached to an aromatic ring is 1. The number of nitrogens with two attached hydrogens (primary N) is 1. The van der Waals surface area contributed by atoms with Crippen molar-refractivity contribution in [3.8, 4) is 0 Å². The van der Waals surface area contributed by atoms with E-state index in [2.05, 4.69) is 20.0 Å². The highest BCUT2D eigenvalue weighted by Gasteiger charge is 2.31. The lowest BCUT2D eigenvalue weighted by atomic mass is 10.4. The van der Waals surface area contributed by atoms with Gasteiger partial charge < -0.3 is 19.9 Å². The number of nitrogens with one attached hydrogen (secondary N) is 1. The number of fused-ring (bicyclic) bond motifs is 1. The summed E-state index contributed by atoms with van der Waals surface area (Å²) in [7, 11) is 0.135. The van der Waals surface area contributed by atoms with Gasteiger partial charge in [0.15, 0.2) is 29.8 Å². The molecule has 0 radical (unpaired) electrons. The second-order valence-corrected chi connectivity index (χ2v) is 6.13. The molecular weight excluding hydrogens is 366 g/mol. The molecule has 2 aromatic heterocycles. The average Bonchev–Trinajstić information content (AvgIpc) is 3.19. The van der Waals surface area contributed by atoms with Gasteiger partial charge in [-0.05, 0) is 15.7 Å². The van der Waals surface area contributed by atoms with E-state index < -0.39 is 18.3 Å². The molecule has 2 aromatic rings. The smallest absolute Gasteiger partial charge is 0.320 e. The van der Waals surface area contributed by atoms with E-state index in [1.807, 2.05) is 0 Å². The number of ether oxygens (including phenoxy) is 3. The van der Waals surface area contributed by atoms with Crippen LogP contribution >= 0.6 is 8.73 Å². The van der Waals surface area contributed by atoms with E-state index >= 15 is 0 Å². The Morgan fingerprint density at radius 2 is 2.35 bits per heavy atom. The highest BCUT2D eigenvalue weighted by atomic mass is 31.1. The van der Waals surface area contributed by atoms with Crippen LogP contribution in [-0.4, -0.2) is 51.3 Å². The van der Waals surface area contributed by atoms with Gasteiger partial charge in [-0.25, -0.2) is 19.3 Å². The van der Waals surface area contributed by atoms with Crippen molar-refractivity contribution in [2.75, 3.05) is 25.2 Å². The fourth-order valence-corrected chi connectivity index (χ4v) is 2.91. The van der Waals surface area contributed by atoms with Crippen LogP contribution in [0.5, 0.6) is 0 Å². The number of carbonyl (C=O) groups excluding carboxylic acids is 1. The van der Waals surface area contributed by atoms with Crippen LogP contribution in [0.15, 0.2) is 24.6 Å². The van der Waals surface area contributed by atoms with Crippen molar-refractivity contribution in [2.24, 2.45) is 0 Å². The van der Waals surface area contributed by atoms with Gasteiger partial charge in [0.25, 0.3) is 0 Å². The summed E-state index contributed by atoms with van der Waals surface area (Å²) < 4.78 is 31.5. The zero-order chi connectivity index (χ0) is 18.5. The summed E-state index contributed by atoms with van der Waals surface area (Å²) in [6.45, 7) is 2.17. The molecule has 12 heteroatoms. The fraction of sp³-hybridized carbons (Fsp3) is 0.429. The minimum atomic E-state index is -1.03. The summed E-state index contributed by atoms with van der Waals surface area (Å²) >= 11 is 0. The molecule has 0 aliphatic carbocycles.